The first-order valence-corrected chi connectivity index (χ1v) is 4.68. The lowest BCUT2D eigenvalue weighted by Crippen LogP contribution is -1.96. The van der Waals surface area contributed by atoms with E-state index in [0.29, 0.717) is 0 Å². The van der Waals surface area contributed by atoms with Crippen LogP contribution in [0.5, 0.6) is 0 Å². The van der Waals surface area contributed by atoms with Gasteiger partial charge in [-0.15, -0.1) is 12.4 Å². The maximum atomic E-state index is 10.6. The Bertz CT molecular complexity index is 384. The van der Waals surface area contributed by atoms with Crippen LogP contribution in [-0.4, -0.2) is 23.9 Å². The van der Waals surface area contributed by atoms with Crippen LogP contribution in [0.4, 0.5) is 0 Å². The summed E-state index contributed by atoms with van der Waals surface area (Å²) in [5, 5.41) is 0. The van der Waals surface area contributed by atoms with Crippen molar-refractivity contribution >= 4 is 28.6 Å². The normalized spacial score (nSPS) is 8.87. The van der Waals surface area contributed by atoms with Crippen LogP contribution in [0.2, 0.25) is 0 Å². The Kier molecular flexibility index (Phi) is 9.66. The largest absolute Gasteiger partial charge is 0.412 e. The Hall–Kier alpha value is -0.920. The van der Waals surface area contributed by atoms with Gasteiger partial charge in [-0.3, -0.25) is 4.55 Å². The van der Waals surface area contributed by atoms with Crippen LogP contribution in [0.1, 0.15) is 5.56 Å². The number of benzene rings is 1. The van der Waals surface area contributed by atoms with Crippen LogP contribution < -0.4 is 0 Å². The van der Waals surface area contributed by atoms with Gasteiger partial charge in [-0.05, 0) is 17.7 Å². The van der Waals surface area contributed by atoms with Crippen molar-refractivity contribution < 1.29 is 23.9 Å². The van der Waals surface area contributed by atoms with Crippen LogP contribution in [0.25, 0.3) is 6.08 Å². The third-order valence-corrected chi connectivity index (χ3v) is 2.28. The van der Waals surface area contributed by atoms with Crippen molar-refractivity contribution in [2.75, 3.05) is 0 Å². The molecule has 0 aliphatic rings. The Morgan fingerprint density at radius 3 is 1.80 bits per heavy atom. The van der Waals surface area contributed by atoms with Crippen molar-refractivity contribution in [3.63, 3.8) is 0 Å². The number of rotatable bonds is 2. The molecule has 0 spiro atoms. The zero-order valence-electron chi connectivity index (χ0n) is 7.67. The predicted octanol–water partition coefficient (Wildman–Crippen LogP) is 0.349. The maximum Gasteiger partial charge on any atom is 0.294 e. The summed E-state index contributed by atoms with van der Waals surface area (Å²) in [4.78, 5) is -0.104. The molecule has 5 nitrogen and oxygen atoms in total. The molecule has 1 rings (SSSR count). The lowest BCUT2D eigenvalue weighted by molar-refractivity contribution is 0.483. The molecule has 0 aliphatic heterocycles. The molecule has 0 saturated heterocycles. The summed E-state index contributed by atoms with van der Waals surface area (Å²) >= 11 is 0. The zero-order chi connectivity index (χ0) is 9.19. The summed E-state index contributed by atoms with van der Waals surface area (Å²) in [6.07, 6.45) is 1.59. The van der Waals surface area contributed by atoms with Crippen LogP contribution in [0.15, 0.2) is 35.7 Å². The van der Waals surface area contributed by atoms with Gasteiger partial charge in [0.25, 0.3) is 10.1 Å². The third-order valence-electron chi connectivity index (χ3n) is 1.41. The Labute approximate surface area is 94.2 Å². The number of halogens is 1. The molecule has 0 unspecified atom stereocenters. The van der Waals surface area contributed by atoms with Crippen molar-refractivity contribution in [2.24, 2.45) is 0 Å². The van der Waals surface area contributed by atoms with E-state index >= 15 is 0 Å². The molecular formula is C8H13ClO5S. The van der Waals surface area contributed by atoms with Gasteiger partial charge in [0.05, 0.1) is 4.90 Å². The standard InChI is InChI=1S/C8H8O3S.ClH.2H2O/c1-2-7-3-5-8(6-4-7)12(9,10)11;;;/h2-6H,1H2,(H,9,10,11);1H;2*1H2. The molecule has 88 valence electrons. The van der Waals surface area contributed by atoms with E-state index in [2.05, 4.69) is 6.58 Å². The Morgan fingerprint density at radius 1 is 1.13 bits per heavy atom. The molecule has 5 N–H and O–H groups in total. The van der Waals surface area contributed by atoms with Crippen LogP contribution in [0, 0.1) is 0 Å². The highest BCUT2D eigenvalue weighted by Crippen LogP contribution is 2.10. The minimum atomic E-state index is -4.06. The fourth-order valence-electron chi connectivity index (χ4n) is 0.776. The van der Waals surface area contributed by atoms with Gasteiger partial charge in [0, 0.05) is 0 Å². The van der Waals surface area contributed by atoms with Gasteiger partial charge >= 0.3 is 0 Å². The van der Waals surface area contributed by atoms with E-state index in [-0.39, 0.29) is 28.3 Å². The third kappa shape index (κ3) is 5.50. The molecule has 0 aliphatic carbocycles. The molecule has 1 aromatic carbocycles. The average Bonchev–Trinajstić information content (AvgIpc) is 2.03. The van der Waals surface area contributed by atoms with E-state index in [9.17, 15) is 8.42 Å². The van der Waals surface area contributed by atoms with Gasteiger partial charge in [0.15, 0.2) is 0 Å². The summed E-state index contributed by atoms with van der Waals surface area (Å²) in [5.41, 5.74) is 0.808. The quantitative estimate of drug-likeness (QED) is 0.769. The molecule has 0 fully saturated rings. The molecule has 0 saturated carbocycles. The minimum absolute atomic E-state index is 0. The lowest BCUT2D eigenvalue weighted by atomic mass is 10.2. The lowest BCUT2D eigenvalue weighted by Gasteiger charge is -1.96. The van der Waals surface area contributed by atoms with E-state index < -0.39 is 10.1 Å². The molecule has 15 heavy (non-hydrogen) atoms. The van der Waals surface area contributed by atoms with Gasteiger partial charge in [-0.2, -0.15) is 8.42 Å². The van der Waals surface area contributed by atoms with E-state index in [0.717, 1.165) is 5.56 Å². The summed E-state index contributed by atoms with van der Waals surface area (Å²) in [7, 11) is -4.06. The smallest absolute Gasteiger partial charge is 0.294 e. The van der Waals surface area contributed by atoms with E-state index in [4.69, 9.17) is 4.55 Å². The highest BCUT2D eigenvalue weighted by molar-refractivity contribution is 7.85. The zero-order valence-corrected chi connectivity index (χ0v) is 9.31. The highest BCUT2D eigenvalue weighted by Gasteiger charge is 2.07. The van der Waals surface area contributed by atoms with Gasteiger partial charge < -0.3 is 11.0 Å². The number of hydrogen-bond donors (Lipinski definition) is 1. The Balaban J connectivity index is -0.000000480. The highest BCUT2D eigenvalue weighted by atomic mass is 35.5. The Morgan fingerprint density at radius 2 is 1.53 bits per heavy atom. The van der Waals surface area contributed by atoms with Crippen molar-refractivity contribution in [3.8, 4) is 0 Å². The monoisotopic (exact) mass is 256 g/mol. The average molecular weight is 257 g/mol. The van der Waals surface area contributed by atoms with Gasteiger partial charge in [-0.25, -0.2) is 0 Å². The SMILES string of the molecule is C=Cc1ccc(S(=O)(=O)O)cc1.Cl.O.O. The summed E-state index contributed by atoms with van der Waals surface area (Å²) in [6, 6.07) is 5.78. The molecule has 0 aromatic heterocycles. The minimum Gasteiger partial charge on any atom is -0.412 e. The molecule has 0 heterocycles. The number of hydrogen-bond acceptors (Lipinski definition) is 2. The summed E-state index contributed by atoms with van der Waals surface area (Å²) in [6.45, 7) is 3.51. The second-order valence-corrected chi connectivity index (χ2v) is 3.67. The van der Waals surface area contributed by atoms with Gasteiger partial charge in [0.1, 0.15) is 0 Å². The van der Waals surface area contributed by atoms with E-state index in [1.807, 2.05) is 0 Å². The molecule has 7 heteroatoms. The van der Waals surface area contributed by atoms with Crippen LogP contribution in [0.3, 0.4) is 0 Å². The first-order valence-electron chi connectivity index (χ1n) is 3.24. The fourth-order valence-corrected chi connectivity index (χ4v) is 1.26. The van der Waals surface area contributed by atoms with Crippen LogP contribution in [-0.2, 0) is 10.1 Å². The van der Waals surface area contributed by atoms with Gasteiger partial charge in [0.2, 0.25) is 0 Å². The van der Waals surface area contributed by atoms with Crippen molar-refractivity contribution in [2.45, 2.75) is 4.90 Å². The summed E-state index contributed by atoms with van der Waals surface area (Å²) in [5.74, 6) is 0. The topological polar surface area (TPSA) is 117 Å². The maximum absolute atomic E-state index is 10.6. The first kappa shape index (κ1) is 19.6. The van der Waals surface area contributed by atoms with Crippen molar-refractivity contribution in [3.05, 3.63) is 36.4 Å². The summed E-state index contributed by atoms with van der Waals surface area (Å²) < 4.78 is 29.7. The van der Waals surface area contributed by atoms with Crippen LogP contribution >= 0.6 is 12.4 Å². The first-order chi connectivity index (χ1) is 5.54. The predicted molar refractivity (Wildman–Crippen MR) is 60.8 cm³/mol. The van der Waals surface area contributed by atoms with Gasteiger partial charge in [-0.1, -0.05) is 24.8 Å². The van der Waals surface area contributed by atoms with Crippen molar-refractivity contribution in [1.29, 1.82) is 0 Å². The van der Waals surface area contributed by atoms with E-state index in [1.54, 1.807) is 18.2 Å². The fraction of sp³-hybridized carbons (Fsp3) is 0. The van der Waals surface area contributed by atoms with Crippen molar-refractivity contribution in [1.82, 2.24) is 0 Å². The second-order valence-electron chi connectivity index (χ2n) is 2.25. The molecule has 1 aromatic rings. The van der Waals surface area contributed by atoms with E-state index in [1.165, 1.54) is 12.1 Å². The second kappa shape index (κ2) is 7.38. The molecule has 0 bridgehead atoms. The molecule has 0 radical (unpaired) electrons. The molecular weight excluding hydrogens is 244 g/mol. The molecule has 0 atom stereocenters. The molecule has 0 amide bonds.